The van der Waals surface area contributed by atoms with E-state index in [-0.39, 0.29) is 11.4 Å². The molecule has 3 heterocycles. The maximum Gasteiger partial charge on any atom is 0.341 e. The highest BCUT2D eigenvalue weighted by molar-refractivity contribution is 7.98. The van der Waals surface area contributed by atoms with E-state index in [1.165, 1.54) is 34.8 Å². The Labute approximate surface area is 162 Å². The molecule has 4 aromatic rings. The van der Waals surface area contributed by atoms with Gasteiger partial charge in [0.25, 0.3) is 0 Å². The standard InChI is InChI=1S/C18H13FN6O2S/c1-28-18-21-9-12(17(26)27)15(23-18)22-16-11-6-5-10(19)8-13(11)25(24-16)14-4-2-3-7-20-14/h2-9H,1H3,(H,26,27)(H,21,22,23,24). The van der Waals surface area contributed by atoms with Crippen molar-refractivity contribution >= 4 is 40.3 Å². The molecular formula is C18H13FN6O2S. The summed E-state index contributed by atoms with van der Waals surface area (Å²) < 4.78 is 15.3. The summed E-state index contributed by atoms with van der Waals surface area (Å²) in [5.74, 6) is -0.668. The molecule has 3 aromatic heterocycles. The van der Waals surface area contributed by atoms with Crippen LogP contribution in [0.4, 0.5) is 16.0 Å². The molecule has 0 radical (unpaired) electrons. The predicted molar refractivity (Wildman–Crippen MR) is 103 cm³/mol. The van der Waals surface area contributed by atoms with Gasteiger partial charge in [0, 0.05) is 23.8 Å². The highest BCUT2D eigenvalue weighted by Crippen LogP contribution is 2.29. The van der Waals surface area contributed by atoms with Crippen molar-refractivity contribution in [1.29, 1.82) is 0 Å². The number of aromatic carboxylic acids is 1. The molecule has 0 spiro atoms. The first kappa shape index (κ1) is 17.9. The summed E-state index contributed by atoms with van der Waals surface area (Å²) in [7, 11) is 0. The lowest BCUT2D eigenvalue weighted by Crippen LogP contribution is -2.07. The second kappa shape index (κ2) is 7.24. The minimum absolute atomic E-state index is 0.0968. The van der Waals surface area contributed by atoms with E-state index in [0.29, 0.717) is 27.7 Å². The van der Waals surface area contributed by atoms with Gasteiger partial charge in [-0.15, -0.1) is 5.10 Å². The molecule has 0 bridgehead atoms. The number of hydrogen-bond acceptors (Lipinski definition) is 7. The molecule has 28 heavy (non-hydrogen) atoms. The van der Waals surface area contributed by atoms with E-state index in [9.17, 15) is 14.3 Å². The lowest BCUT2D eigenvalue weighted by molar-refractivity contribution is 0.0697. The molecule has 2 N–H and O–H groups in total. The number of fused-ring (bicyclic) bond motifs is 1. The maximum absolute atomic E-state index is 13.9. The van der Waals surface area contributed by atoms with Crippen molar-refractivity contribution in [1.82, 2.24) is 24.7 Å². The fourth-order valence-electron chi connectivity index (χ4n) is 2.66. The first-order chi connectivity index (χ1) is 13.6. The van der Waals surface area contributed by atoms with E-state index in [1.54, 1.807) is 36.7 Å². The normalized spacial score (nSPS) is 10.9. The summed E-state index contributed by atoms with van der Waals surface area (Å²) >= 11 is 1.28. The van der Waals surface area contributed by atoms with E-state index < -0.39 is 11.8 Å². The number of anilines is 2. The Hall–Kier alpha value is -3.53. The predicted octanol–water partition coefficient (Wildman–Crippen LogP) is 3.51. The Balaban J connectivity index is 1.88. The van der Waals surface area contributed by atoms with Crippen LogP contribution in [0, 0.1) is 5.82 Å². The van der Waals surface area contributed by atoms with Gasteiger partial charge in [0.15, 0.2) is 22.6 Å². The second-order valence-corrected chi connectivity index (χ2v) is 6.43. The average molecular weight is 396 g/mol. The topological polar surface area (TPSA) is 106 Å². The molecule has 140 valence electrons. The van der Waals surface area contributed by atoms with Gasteiger partial charge in [-0.1, -0.05) is 17.8 Å². The molecule has 0 amide bonds. The number of nitrogens with one attached hydrogen (secondary N) is 1. The number of nitrogens with zero attached hydrogens (tertiary/aromatic N) is 5. The number of carboxylic acid groups (broad SMARTS) is 1. The van der Waals surface area contributed by atoms with Crippen LogP contribution < -0.4 is 5.32 Å². The zero-order chi connectivity index (χ0) is 19.7. The third kappa shape index (κ3) is 3.25. The van der Waals surface area contributed by atoms with Crippen LogP contribution in [0.3, 0.4) is 0 Å². The van der Waals surface area contributed by atoms with Gasteiger partial charge in [-0.05, 0) is 30.5 Å². The number of carboxylic acids is 1. The second-order valence-electron chi connectivity index (χ2n) is 5.66. The molecule has 8 nitrogen and oxygen atoms in total. The molecule has 0 aliphatic carbocycles. The molecule has 4 rings (SSSR count). The Morgan fingerprint density at radius 1 is 1.21 bits per heavy atom. The molecule has 0 saturated heterocycles. The maximum atomic E-state index is 13.9. The first-order valence-electron chi connectivity index (χ1n) is 8.08. The molecular weight excluding hydrogens is 383 g/mol. The lowest BCUT2D eigenvalue weighted by atomic mass is 10.2. The van der Waals surface area contributed by atoms with Crippen LogP contribution >= 0.6 is 11.8 Å². The van der Waals surface area contributed by atoms with E-state index in [1.807, 2.05) is 0 Å². The highest BCUT2D eigenvalue weighted by Gasteiger charge is 2.18. The molecule has 0 fully saturated rings. The summed E-state index contributed by atoms with van der Waals surface area (Å²) in [6.45, 7) is 0. The number of aromatic nitrogens is 5. The third-order valence-corrected chi connectivity index (χ3v) is 4.49. The zero-order valence-corrected chi connectivity index (χ0v) is 15.3. The number of thioether (sulfide) groups is 1. The van der Waals surface area contributed by atoms with Crippen molar-refractivity contribution in [3.05, 3.63) is 60.2 Å². The monoisotopic (exact) mass is 396 g/mol. The van der Waals surface area contributed by atoms with Crippen LogP contribution in [0.15, 0.2) is 53.9 Å². The van der Waals surface area contributed by atoms with Gasteiger partial charge in [-0.2, -0.15) is 0 Å². The fourth-order valence-corrected chi connectivity index (χ4v) is 3.00. The number of hydrogen-bond donors (Lipinski definition) is 2. The van der Waals surface area contributed by atoms with Crippen molar-refractivity contribution in [3.63, 3.8) is 0 Å². The summed E-state index contributed by atoms with van der Waals surface area (Å²) in [6, 6.07) is 9.51. The molecule has 1 aromatic carbocycles. The zero-order valence-electron chi connectivity index (χ0n) is 14.5. The van der Waals surface area contributed by atoms with E-state index >= 15 is 0 Å². The van der Waals surface area contributed by atoms with Gasteiger partial charge in [0.1, 0.15) is 11.4 Å². The van der Waals surface area contributed by atoms with Crippen LogP contribution in [-0.4, -0.2) is 42.1 Å². The SMILES string of the molecule is CSc1ncc(C(=O)O)c(Nc2nn(-c3ccccn3)c3cc(F)ccc23)n1. The molecule has 0 unspecified atom stereocenters. The molecule has 10 heteroatoms. The van der Waals surface area contributed by atoms with Gasteiger partial charge in [0.05, 0.1) is 5.52 Å². The van der Waals surface area contributed by atoms with Gasteiger partial charge in [0.2, 0.25) is 0 Å². The Morgan fingerprint density at radius 3 is 2.79 bits per heavy atom. The quantitative estimate of drug-likeness (QED) is 0.390. The van der Waals surface area contributed by atoms with Gasteiger partial charge < -0.3 is 10.4 Å². The van der Waals surface area contributed by atoms with Gasteiger partial charge in [-0.25, -0.2) is 28.8 Å². The lowest BCUT2D eigenvalue weighted by Gasteiger charge is -2.07. The largest absolute Gasteiger partial charge is 0.477 e. The summed E-state index contributed by atoms with van der Waals surface area (Å²) in [6.07, 6.45) is 4.63. The van der Waals surface area contributed by atoms with Gasteiger partial charge >= 0.3 is 5.97 Å². The van der Waals surface area contributed by atoms with Crippen LogP contribution in [0.5, 0.6) is 0 Å². The number of halogens is 1. The van der Waals surface area contributed by atoms with Crippen LogP contribution in [0.25, 0.3) is 16.7 Å². The fraction of sp³-hybridized carbons (Fsp3) is 0.0556. The smallest absolute Gasteiger partial charge is 0.341 e. The molecule has 0 saturated carbocycles. The third-order valence-electron chi connectivity index (χ3n) is 3.93. The van der Waals surface area contributed by atoms with Crippen LogP contribution in [0.1, 0.15) is 10.4 Å². The van der Waals surface area contributed by atoms with Crippen molar-refractivity contribution in [3.8, 4) is 5.82 Å². The molecule has 0 atom stereocenters. The Morgan fingerprint density at radius 2 is 2.07 bits per heavy atom. The van der Waals surface area contributed by atoms with Crippen LogP contribution in [-0.2, 0) is 0 Å². The van der Waals surface area contributed by atoms with E-state index in [0.717, 1.165) is 0 Å². The molecule has 0 aliphatic heterocycles. The summed E-state index contributed by atoms with van der Waals surface area (Å²) in [5, 5.41) is 17.8. The van der Waals surface area contributed by atoms with E-state index in [4.69, 9.17) is 0 Å². The van der Waals surface area contributed by atoms with Crippen molar-refractivity contribution in [2.24, 2.45) is 0 Å². The number of pyridine rings is 1. The average Bonchev–Trinajstić information content (AvgIpc) is 3.05. The van der Waals surface area contributed by atoms with Crippen molar-refractivity contribution in [2.45, 2.75) is 5.16 Å². The minimum Gasteiger partial charge on any atom is -0.477 e. The van der Waals surface area contributed by atoms with Crippen LogP contribution in [0.2, 0.25) is 0 Å². The summed E-state index contributed by atoms with van der Waals surface area (Å²) in [4.78, 5) is 24.0. The number of rotatable bonds is 5. The van der Waals surface area contributed by atoms with Gasteiger partial charge in [-0.3, -0.25) is 0 Å². The minimum atomic E-state index is -1.17. The number of benzene rings is 1. The number of carbonyl (C=O) groups is 1. The Kier molecular flexibility index (Phi) is 4.62. The first-order valence-corrected chi connectivity index (χ1v) is 9.30. The highest BCUT2D eigenvalue weighted by atomic mass is 32.2. The van der Waals surface area contributed by atoms with Crippen molar-refractivity contribution < 1.29 is 14.3 Å². The van der Waals surface area contributed by atoms with E-state index in [2.05, 4.69) is 25.4 Å². The molecule has 0 aliphatic rings. The summed E-state index contributed by atoms with van der Waals surface area (Å²) in [5.41, 5.74) is 0.387. The Bertz CT molecular complexity index is 1180. The van der Waals surface area contributed by atoms with Crippen molar-refractivity contribution in [2.75, 3.05) is 11.6 Å².